The minimum Gasteiger partial charge on any atom is -0.457 e. The van der Waals surface area contributed by atoms with Crippen LogP contribution in [0.4, 0.5) is 5.69 Å². The normalized spacial score (nSPS) is 10.9. The van der Waals surface area contributed by atoms with Crippen molar-refractivity contribution >= 4 is 17.7 Å². The van der Waals surface area contributed by atoms with Gasteiger partial charge >= 0.3 is 0 Å². The van der Waals surface area contributed by atoms with E-state index in [2.05, 4.69) is 10.4 Å². The lowest BCUT2D eigenvalue weighted by Gasteiger charge is -2.08. The standard InChI is InChI=1S/C21H21N3O2/c1-15-20(16(2)24(3)23-15)12-13-21(25)22-17-8-7-11-19(14-17)26-18-9-5-4-6-10-18/h4-14H,1-3H3,(H,22,25)/b13-12+. The molecule has 3 aromatic rings. The molecule has 5 nitrogen and oxygen atoms in total. The number of anilines is 1. The van der Waals surface area contributed by atoms with Crippen molar-refractivity contribution in [2.75, 3.05) is 5.32 Å². The van der Waals surface area contributed by atoms with E-state index in [4.69, 9.17) is 4.74 Å². The van der Waals surface area contributed by atoms with Crippen LogP contribution in [0.3, 0.4) is 0 Å². The number of para-hydroxylation sites is 1. The summed E-state index contributed by atoms with van der Waals surface area (Å²) < 4.78 is 7.59. The maximum Gasteiger partial charge on any atom is 0.248 e. The summed E-state index contributed by atoms with van der Waals surface area (Å²) in [7, 11) is 1.89. The molecule has 1 N–H and O–H groups in total. The lowest BCUT2D eigenvalue weighted by atomic mass is 10.2. The summed E-state index contributed by atoms with van der Waals surface area (Å²) in [5.74, 6) is 1.21. The lowest BCUT2D eigenvalue weighted by Crippen LogP contribution is -2.07. The van der Waals surface area contributed by atoms with Crippen LogP contribution in [0.1, 0.15) is 17.0 Å². The Bertz CT molecular complexity index is 943. The Labute approximate surface area is 152 Å². The summed E-state index contributed by atoms with van der Waals surface area (Å²) in [6, 6.07) is 16.8. The van der Waals surface area contributed by atoms with Crippen molar-refractivity contribution < 1.29 is 9.53 Å². The van der Waals surface area contributed by atoms with E-state index >= 15 is 0 Å². The van der Waals surface area contributed by atoms with E-state index in [0.717, 1.165) is 22.7 Å². The summed E-state index contributed by atoms with van der Waals surface area (Å²) in [4.78, 5) is 12.2. The summed E-state index contributed by atoms with van der Waals surface area (Å²) in [5, 5.41) is 7.19. The molecule has 0 radical (unpaired) electrons. The Hall–Kier alpha value is -3.34. The number of rotatable bonds is 5. The Morgan fingerprint density at radius 2 is 1.81 bits per heavy atom. The molecule has 0 atom stereocenters. The molecule has 0 saturated heterocycles. The number of aryl methyl sites for hydroxylation is 2. The van der Waals surface area contributed by atoms with Gasteiger partial charge < -0.3 is 10.1 Å². The van der Waals surface area contributed by atoms with Crippen LogP contribution < -0.4 is 10.1 Å². The lowest BCUT2D eigenvalue weighted by molar-refractivity contribution is -0.111. The third kappa shape index (κ3) is 4.19. The molecule has 5 heteroatoms. The average Bonchev–Trinajstić information content (AvgIpc) is 2.86. The number of amides is 1. The number of nitrogens with zero attached hydrogens (tertiary/aromatic N) is 2. The van der Waals surface area contributed by atoms with Crippen molar-refractivity contribution in [2.24, 2.45) is 7.05 Å². The van der Waals surface area contributed by atoms with Crippen LogP contribution in [0, 0.1) is 13.8 Å². The molecule has 0 aliphatic heterocycles. The fraction of sp³-hybridized carbons (Fsp3) is 0.143. The van der Waals surface area contributed by atoms with E-state index in [-0.39, 0.29) is 5.91 Å². The fourth-order valence-electron chi connectivity index (χ4n) is 2.64. The van der Waals surface area contributed by atoms with Gasteiger partial charge in [-0.1, -0.05) is 24.3 Å². The second-order valence-corrected chi connectivity index (χ2v) is 5.97. The van der Waals surface area contributed by atoms with Gasteiger partial charge in [-0.25, -0.2) is 0 Å². The van der Waals surface area contributed by atoms with Crippen LogP contribution in [0.25, 0.3) is 6.08 Å². The molecule has 0 aliphatic carbocycles. The highest BCUT2D eigenvalue weighted by molar-refractivity contribution is 6.02. The third-order valence-corrected chi connectivity index (χ3v) is 4.05. The number of benzene rings is 2. The van der Waals surface area contributed by atoms with Crippen LogP contribution in [0.2, 0.25) is 0 Å². The SMILES string of the molecule is Cc1nn(C)c(C)c1/C=C/C(=O)Nc1cccc(Oc2ccccc2)c1. The summed E-state index contributed by atoms with van der Waals surface area (Å²) in [6.45, 7) is 3.90. The molecule has 0 aliphatic rings. The van der Waals surface area contributed by atoms with Gasteiger partial charge in [0.15, 0.2) is 0 Å². The zero-order valence-electron chi connectivity index (χ0n) is 15.1. The number of aromatic nitrogens is 2. The highest BCUT2D eigenvalue weighted by Gasteiger charge is 2.07. The highest BCUT2D eigenvalue weighted by Crippen LogP contribution is 2.24. The van der Waals surface area contributed by atoms with Gasteiger partial charge in [-0.3, -0.25) is 9.48 Å². The van der Waals surface area contributed by atoms with Crippen molar-refractivity contribution in [1.82, 2.24) is 9.78 Å². The first-order valence-corrected chi connectivity index (χ1v) is 8.35. The number of carbonyl (C=O) groups is 1. The molecule has 132 valence electrons. The van der Waals surface area contributed by atoms with Gasteiger partial charge in [0.05, 0.1) is 5.69 Å². The molecule has 1 amide bonds. The molecule has 0 unspecified atom stereocenters. The fourth-order valence-corrected chi connectivity index (χ4v) is 2.64. The van der Waals surface area contributed by atoms with Crippen LogP contribution in [0.5, 0.6) is 11.5 Å². The molecular formula is C21H21N3O2. The van der Waals surface area contributed by atoms with Gasteiger partial charge in [-0.15, -0.1) is 0 Å². The van der Waals surface area contributed by atoms with Crippen molar-refractivity contribution in [3.63, 3.8) is 0 Å². The summed E-state index contributed by atoms with van der Waals surface area (Å²) in [6.07, 6.45) is 3.30. The van der Waals surface area contributed by atoms with Crippen molar-refractivity contribution in [1.29, 1.82) is 0 Å². The van der Waals surface area contributed by atoms with Gasteiger partial charge in [0.2, 0.25) is 5.91 Å². The molecule has 1 aromatic heterocycles. The van der Waals surface area contributed by atoms with Gasteiger partial charge in [-0.05, 0) is 44.2 Å². The van der Waals surface area contributed by atoms with Crippen LogP contribution in [0.15, 0.2) is 60.7 Å². The number of hydrogen-bond acceptors (Lipinski definition) is 3. The average molecular weight is 347 g/mol. The van der Waals surface area contributed by atoms with Gasteiger partial charge in [0, 0.05) is 36.1 Å². The Morgan fingerprint density at radius 3 is 2.50 bits per heavy atom. The minimum atomic E-state index is -0.204. The predicted octanol–water partition coefficient (Wildman–Crippen LogP) is 4.48. The Morgan fingerprint density at radius 1 is 1.08 bits per heavy atom. The first-order valence-electron chi connectivity index (χ1n) is 8.35. The van der Waals surface area contributed by atoms with E-state index in [0.29, 0.717) is 11.4 Å². The number of nitrogens with one attached hydrogen (secondary N) is 1. The molecular weight excluding hydrogens is 326 g/mol. The highest BCUT2D eigenvalue weighted by atomic mass is 16.5. The van der Waals surface area contributed by atoms with Crippen LogP contribution in [-0.4, -0.2) is 15.7 Å². The van der Waals surface area contributed by atoms with E-state index in [9.17, 15) is 4.79 Å². The van der Waals surface area contributed by atoms with E-state index < -0.39 is 0 Å². The zero-order chi connectivity index (χ0) is 18.5. The predicted molar refractivity (Wildman–Crippen MR) is 103 cm³/mol. The molecule has 2 aromatic carbocycles. The third-order valence-electron chi connectivity index (χ3n) is 4.05. The quantitative estimate of drug-likeness (QED) is 0.692. The van der Waals surface area contributed by atoms with Gasteiger partial charge in [0.1, 0.15) is 11.5 Å². The van der Waals surface area contributed by atoms with Crippen molar-refractivity contribution in [3.05, 3.63) is 77.6 Å². The first-order chi connectivity index (χ1) is 12.5. The van der Waals surface area contributed by atoms with E-state index in [1.54, 1.807) is 16.8 Å². The van der Waals surface area contributed by atoms with Gasteiger partial charge in [-0.2, -0.15) is 5.10 Å². The second kappa shape index (κ2) is 7.70. The first kappa shape index (κ1) is 17.5. The van der Waals surface area contributed by atoms with Crippen molar-refractivity contribution in [2.45, 2.75) is 13.8 Å². The molecule has 26 heavy (non-hydrogen) atoms. The molecule has 0 bridgehead atoms. The second-order valence-electron chi connectivity index (χ2n) is 5.97. The van der Waals surface area contributed by atoms with Gasteiger partial charge in [0.25, 0.3) is 0 Å². The molecule has 0 saturated carbocycles. The number of carbonyl (C=O) groups excluding carboxylic acids is 1. The van der Waals surface area contributed by atoms with Crippen LogP contribution in [-0.2, 0) is 11.8 Å². The molecule has 0 fully saturated rings. The number of hydrogen-bond donors (Lipinski definition) is 1. The molecule has 3 rings (SSSR count). The van der Waals surface area contributed by atoms with E-state index in [1.807, 2.05) is 69.4 Å². The van der Waals surface area contributed by atoms with E-state index in [1.165, 1.54) is 6.08 Å². The maximum atomic E-state index is 12.2. The van der Waals surface area contributed by atoms with Crippen molar-refractivity contribution in [3.8, 4) is 11.5 Å². The largest absolute Gasteiger partial charge is 0.457 e. The Balaban J connectivity index is 1.68. The summed E-state index contributed by atoms with van der Waals surface area (Å²) >= 11 is 0. The smallest absolute Gasteiger partial charge is 0.248 e. The molecule has 0 spiro atoms. The monoisotopic (exact) mass is 347 g/mol. The maximum absolute atomic E-state index is 12.2. The topological polar surface area (TPSA) is 56.2 Å². The minimum absolute atomic E-state index is 0.204. The molecule has 1 heterocycles. The zero-order valence-corrected chi connectivity index (χ0v) is 15.1. The number of ether oxygens (including phenoxy) is 1. The summed E-state index contributed by atoms with van der Waals surface area (Å²) in [5.41, 5.74) is 3.55. The Kier molecular flexibility index (Phi) is 5.17. The van der Waals surface area contributed by atoms with Crippen LogP contribution >= 0.6 is 0 Å².